The zero-order valence-corrected chi connectivity index (χ0v) is 9.07. The van der Waals surface area contributed by atoms with Crippen LogP contribution in [0.1, 0.15) is 30.4 Å². The summed E-state index contributed by atoms with van der Waals surface area (Å²) in [5.74, 6) is -1.43. The lowest BCUT2D eigenvalue weighted by atomic mass is 10.2. The number of nitrogens with zero attached hydrogens (tertiary/aromatic N) is 1. The Bertz CT molecular complexity index is 557. The molecule has 1 aromatic carbocycles. The van der Waals surface area contributed by atoms with Gasteiger partial charge in [0.2, 0.25) is 0 Å². The number of carboxylic acids is 1. The highest BCUT2D eigenvalue weighted by Crippen LogP contribution is 2.26. The van der Waals surface area contributed by atoms with Crippen LogP contribution in [0.2, 0.25) is 0 Å². The molecule has 1 heterocycles. The molecule has 3 nitrogen and oxygen atoms in total. The highest BCUT2D eigenvalue weighted by atomic mass is 19.1. The number of carbonyl (C=O) groups is 1. The normalized spacial score (nSPS) is 11.2. The zero-order valence-electron chi connectivity index (χ0n) is 9.07. The second-order valence-electron chi connectivity index (χ2n) is 3.97. The minimum Gasteiger partial charge on any atom is -0.477 e. The first kappa shape index (κ1) is 10.7. The Labute approximate surface area is 92.1 Å². The standard InChI is InChI=1S/C12H12FNO2/c1-7(2)14-10-5-3-4-9(13)8(10)6-11(14)12(15)16/h3-7H,1-2H3,(H,15,16). The summed E-state index contributed by atoms with van der Waals surface area (Å²) in [6, 6.07) is 6.00. The van der Waals surface area contributed by atoms with E-state index in [2.05, 4.69) is 0 Å². The van der Waals surface area contributed by atoms with Crippen molar-refractivity contribution in [1.29, 1.82) is 0 Å². The van der Waals surface area contributed by atoms with Crippen LogP contribution in [-0.2, 0) is 0 Å². The van der Waals surface area contributed by atoms with Crippen LogP contribution in [-0.4, -0.2) is 15.6 Å². The molecule has 0 unspecified atom stereocenters. The summed E-state index contributed by atoms with van der Waals surface area (Å²) in [4.78, 5) is 11.1. The number of aromatic nitrogens is 1. The molecule has 0 amide bonds. The molecule has 1 aromatic heterocycles. The summed E-state index contributed by atoms with van der Waals surface area (Å²) in [7, 11) is 0. The topological polar surface area (TPSA) is 42.2 Å². The molecular weight excluding hydrogens is 209 g/mol. The number of fused-ring (bicyclic) bond motifs is 1. The lowest BCUT2D eigenvalue weighted by Gasteiger charge is -2.11. The van der Waals surface area contributed by atoms with Crippen LogP contribution in [0.15, 0.2) is 24.3 Å². The highest BCUT2D eigenvalue weighted by molar-refractivity contribution is 5.95. The first-order valence-corrected chi connectivity index (χ1v) is 5.05. The minimum absolute atomic E-state index is 0.0228. The molecule has 2 aromatic rings. The predicted molar refractivity (Wildman–Crippen MR) is 59.2 cm³/mol. The van der Waals surface area contributed by atoms with Gasteiger partial charge in [-0.05, 0) is 32.0 Å². The predicted octanol–water partition coefficient (Wildman–Crippen LogP) is 3.06. The molecular formula is C12H12FNO2. The van der Waals surface area contributed by atoms with Crippen molar-refractivity contribution in [2.45, 2.75) is 19.9 Å². The average Bonchev–Trinajstić information content (AvgIpc) is 2.58. The van der Waals surface area contributed by atoms with E-state index < -0.39 is 5.97 Å². The molecule has 1 N–H and O–H groups in total. The summed E-state index contributed by atoms with van der Waals surface area (Å²) in [6.45, 7) is 3.74. The van der Waals surface area contributed by atoms with Gasteiger partial charge in [0, 0.05) is 11.4 Å². The number of hydrogen-bond donors (Lipinski definition) is 1. The molecule has 0 aliphatic carbocycles. The number of benzene rings is 1. The lowest BCUT2D eigenvalue weighted by Crippen LogP contribution is -2.10. The van der Waals surface area contributed by atoms with Gasteiger partial charge in [-0.2, -0.15) is 0 Å². The first-order chi connectivity index (χ1) is 7.52. The average molecular weight is 221 g/mol. The fraction of sp³-hybridized carbons (Fsp3) is 0.250. The summed E-state index contributed by atoms with van der Waals surface area (Å²) >= 11 is 0. The van der Waals surface area contributed by atoms with E-state index in [1.165, 1.54) is 12.1 Å². The van der Waals surface area contributed by atoms with Gasteiger partial charge < -0.3 is 9.67 Å². The molecule has 0 radical (unpaired) electrons. The molecule has 0 saturated heterocycles. The third-order valence-electron chi connectivity index (χ3n) is 2.57. The number of halogens is 1. The van der Waals surface area contributed by atoms with Gasteiger partial charge in [-0.15, -0.1) is 0 Å². The second kappa shape index (κ2) is 3.63. The molecule has 0 spiro atoms. The van der Waals surface area contributed by atoms with Crippen LogP contribution in [0.3, 0.4) is 0 Å². The summed E-state index contributed by atoms with van der Waals surface area (Å²) in [6.07, 6.45) is 0. The van der Waals surface area contributed by atoms with Crippen molar-refractivity contribution >= 4 is 16.9 Å². The van der Waals surface area contributed by atoms with Gasteiger partial charge in [0.05, 0.1) is 5.52 Å². The number of hydrogen-bond acceptors (Lipinski definition) is 1. The Balaban J connectivity index is 2.86. The molecule has 0 aliphatic heterocycles. The number of rotatable bonds is 2. The Hall–Kier alpha value is -1.84. The maximum atomic E-state index is 13.5. The van der Waals surface area contributed by atoms with Crippen molar-refractivity contribution in [3.05, 3.63) is 35.8 Å². The maximum absolute atomic E-state index is 13.5. The van der Waals surface area contributed by atoms with Crippen LogP contribution in [0, 0.1) is 5.82 Å². The van der Waals surface area contributed by atoms with E-state index in [9.17, 15) is 9.18 Å². The molecule has 0 saturated carbocycles. The molecule has 84 valence electrons. The second-order valence-corrected chi connectivity index (χ2v) is 3.97. The summed E-state index contributed by atoms with van der Waals surface area (Å²) in [5, 5.41) is 9.42. The third kappa shape index (κ3) is 1.46. The van der Waals surface area contributed by atoms with Crippen LogP contribution in [0.5, 0.6) is 0 Å². The lowest BCUT2D eigenvalue weighted by molar-refractivity contribution is 0.0684. The third-order valence-corrected chi connectivity index (χ3v) is 2.57. The van der Waals surface area contributed by atoms with E-state index in [1.807, 2.05) is 13.8 Å². The fourth-order valence-electron chi connectivity index (χ4n) is 1.94. The van der Waals surface area contributed by atoms with E-state index in [-0.39, 0.29) is 17.6 Å². The van der Waals surface area contributed by atoms with Crippen molar-refractivity contribution in [2.75, 3.05) is 0 Å². The van der Waals surface area contributed by atoms with E-state index in [0.29, 0.717) is 10.9 Å². The van der Waals surface area contributed by atoms with Gasteiger partial charge in [-0.3, -0.25) is 0 Å². The van der Waals surface area contributed by atoms with E-state index in [4.69, 9.17) is 5.11 Å². The van der Waals surface area contributed by atoms with Gasteiger partial charge >= 0.3 is 5.97 Å². The SMILES string of the molecule is CC(C)n1c(C(=O)O)cc2c(F)cccc21. The number of carboxylic acid groups (broad SMARTS) is 1. The summed E-state index contributed by atoms with van der Waals surface area (Å²) < 4.78 is 15.1. The van der Waals surface area contributed by atoms with E-state index in [1.54, 1.807) is 16.7 Å². The van der Waals surface area contributed by atoms with Crippen molar-refractivity contribution in [1.82, 2.24) is 4.57 Å². The number of aromatic carboxylic acids is 1. The molecule has 16 heavy (non-hydrogen) atoms. The van der Waals surface area contributed by atoms with Gasteiger partial charge in [0.15, 0.2) is 0 Å². The van der Waals surface area contributed by atoms with E-state index >= 15 is 0 Å². The molecule has 0 bridgehead atoms. The Kier molecular flexibility index (Phi) is 2.42. The highest BCUT2D eigenvalue weighted by Gasteiger charge is 2.18. The van der Waals surface area contributed by atoms with Crippen LogP contribution >= 0.6 is 0 Å². The van der Waals surface area contributed by atoms with Gasteiger partial charge in [0.1, 0.15) is 11.5 Å². The zero-order chi connectivity index (χ0) is 11.9. The van der Waals surface area contributed by atoms with Gasteiger partial charge in [-0.25, -0.2) is 9.18 Å². The van der Waals surface area contributed by atoms with Gasteiger partial charge in [-0.1, -0.05) is 6.07 Å². The fourth-order valence-corrected chi connectivity index (χ4v) is 1.94. The van der Waals surface area contributed by atoms with Crippen molar-refractivity contribution in [2.24, 2.45) is 0 Å². The molecule has 2 rings (SSSR count). The Morgan fingerprint density at radius 3 is 2.69 bits per heavy atom. The van der Waals surface area contributed by atoms with Crippen LogP contribution < -0.4 is 0 Å². The molecule has 0 aliphatic rings. The monoisotopic (exact) mass is 221 g/mol. The van der Waals surface area contributed by atoms with Crippen LogP contribution in [0.4, 0.5) is 4.39 Å². The van der Waals surface area contributed by atoms with Gasteiger partial charge in [0.25, 0.3) is 0 Å². The van der Waals surface area contributed by atoms with E-state index in [0.717, 1.165) is 0 Å². The molecule has 4 heteroatoms. The van der Waals surface area contributed by atoms with Crippen molar-refractivity contribution in [3.8, 4) is 0 Å². The molecule has 0 fully saturated rings. The summed E-state index contributed by atoms with van der Waals surface area (Å²) in [5.41, 5.74) is 0.738. The largest absolute Gasteiger partial charge is 0.477 e. The van der Waals surface area contributed by atoms with Crippen molar-refractivity contribution in [3.63, 3.8) is 0 Å². The minimum atomic E-state index is -1.04. The van der Waals surface area contributed by atoms with Crippen molar-refractivity contribution < 1.29 is 14.3 Å². The Morgan fingerprint density at radius 1 is 1.44 bits per heavy atom. The molecule has 0 atom stereocenters. The first-order valence-electron chi connectivity index (χ1n) is 5.05. The Morgan fingerprint density at radius 2 is 2.12 bits per heavy atom. The quantitative estimate of drug-likeness (QED) is 0.846. The maximum Gasteiger partial charge on any atom is 0.352 e. The van der Waals surface area contributed by atoms with Crippen LogP contribution in [0.25, 0.3) is 10.9 Å². The smallest absolute Gasteiger partial charge is 0.352 e.